The SMILES string of the molecule is C[C@H](NCC(=O)OC(C)(C)C)c1cccc(Br)c1. The molecule has 18 heavy (non-hydrogen) atoms. The molecule has 100 valence electrons. The second-order valence-electron chi connectivity index (χ2n) is 5.24. The fourth-order valence-corrected chi connectivity index (χ4v) is 1.92. The molecule has 0 aromatic heterocycles. The fraction of sp³-hybridized carbons (Fsp3) is 0.500. The van der Waals surface area contributed by atoms with Crippen LogP contribution in [0.4, 0.5) is 0 Å². The number of benzene rings is 1. The Balaban J connectivity index is 2.46. The minimum Gasteiger partial charge on any atom is -0.459 e. The smallest absolute Gasteiger partial charge is 0.320 e. The predicted octanol–water partition coefficient (Wildman–Crippen LogP) is 3.44. The average Bonchev–Trinajstić information content (AvgIpc) is 2.23. The van der Waals surface area contributed by atoms with Gasteiger partial charge in [0.25, 0.3) is 0 Å². The van der Waals surface area contributed by atoms with Crippen LogP contribution in [0, 0.1) is 0 Å². The van der Waals surface area contributed by atoms with Gasteiger partial charge in [0.15, 0.2) is 0 Å². The van der Waals surface area contributed by atoms with Crippen molar-refractivity contribution in [3.63, 3.8) is 0 Å². The lowest BCUT2D eigenvalue weighted by atomic mass is 10.1. The molecule has 0 fully saturated rings. The molecule has 4 heteroatoms. The molecule has 0 aliphatic heterocycles. The molecule has 1 atom stereocenters. The summed E-state index contributed by atoms with van der Waals surface area (Å²) in [6.07, 6.45) is 0. The normalized spacial score (nSPS) is 13.2. The summed E-state index contributed by atoms with van der Waals surface area (Å²) >= 11 is 3.43. The first-order chi connectivity index (χ1) is 8.28. The highest BCUT2D eigenvalue weighted by Gasteiger charge is 2.16. The number of nitrogens with one attached hydrogen (secondary N) is 1. The summed E-state index contributed by atoms with van der Waals surface area (Å²) in [7, 11) is 0. The number of ether oxygens (including phenoxy) is 1. The molecule has 0 radical (unpaired) electrons. The van der Waals surface area contributed by atoms with Gasteiger partial charge in [0.1, 0.15) is 5.60 Å². The van der Waals surface area contributed by atoms with E-state index in [2.05, 4.69) is 21.2 Å². The van der Waals surface area contributed by atoms with Crippen molar-refractivity contribution in [2.45, 2.75) is 39.3 Å². The first kappa shape index (κ1) is 15.2. The van der Waals surface area contributed by atoms with Gasteiger partial charge in [-0.25, -0.2) is 0 Å². The zero-order valence-electron chi connectivity index (χ0n) is 11.3. The summed E-state index contributed by atoms with van der Waals surface area (Å²) in [5.74, 6) is -0.232. The molecule has 1 aromatic carbocycles. The highest BCUT2D eigenvalue weighted by Crippen LogP contribution is 2.17. The Morgan fingerprint density at radius 1 is 1.44 bits per heavy atom. The molecule has 0 heterocycles. The van der Waals surface area contributed by atoms with Crippen molar-refractivity contribution in [1.82, 2.24) is 5.32 Å². The zero-order chi connectivity index (χ0) is 13.8. The molecular weight excluding hydrogens is 294 g/mol. The highest BCUT2D eigenvalue weighted by atomic mass is 79.9. The third kappa shape index (κ3) is 5.65. The van der Waals surface area contributed by atoms with Gasteiger partial charge in [-0.1, -0.05) is 28.1 Å². The van der Waals surface area contributed by atoms with Crippen LogP contribution < -0.4 is 5.32 Å². The lowest BCUT2D eigenvalue weighted by Gasteiger charge is -2.21. The van der Waals surface area contributed by atoms with E-state index in [1.54, 1.807) is 0 Å². The van der Waals surface area contributed by atoms with Crippen LogP contribution >= 0.6 is 15.9 Å². The van der Waals surface area contributed by atoms with Crippen molar-refractivity contribution in [1.29, 1.82) is 0 Å². The largest absolute Gasteiger partial charge is 0.459 e. The van der Waals surface area contributed by atoms with E-state index in [0.29, 0.717) is 0 Å². The third-order valence-corrected chi connectivity index (χ3v) is 2.81. The lowest BCUT2D eigenvalue weighted by Crippen LogP contribution is -2.32. The van der Waals surface area contributed by atoms with E-state index in [9.17, 15) is 4.79 Å². The van der Waals surface area contributed by atoms with Gasteiger partial charge in [0, 0.05) is 10.5 Å². The number of rotatable bonds is 4. The zero-order valence-corrected chi connectivity index (χ0v) is 12.9. The van der Waals surface area contributed by atoms with E-state index in [0.717, 1.165) is 10.0 Å². The van der Waals surface area contributed by atoms with Crippen LogP contribution in [0.25, 0.3) is 0 Å². The molecule has 0 aliphatic carbocycles. The van der Waals surface area contributed by atoms with Gasteiger partial charge in [-0.05, 0) is 45.4 Å². The van der Waals surface area contributed by atoms with Gasteiger partial charge in [0.2, 0.25) is 0 Å². The highest BCUT2D eigenvalue weighted by molar-refractivity contribution is 9.10. The Kier molecular flexibility index (Phi) is 5.35. The van der Waals surface area contributed by atoms with Crippen LogP contribution in [0.3, 0.4) is 0 Å². The Hall–Kier alpha value is -0.870. The van der Waals surface area contributed by atoms with Gasteiger partial charge in [0.05, 0.1) is 6.54 Å². The number of hydrogen-bond acceptors (Lipinski definition) is 3. The topological polar surface area (TPSA) is 38.3 Å². The van der Waals surface area contributed by atoms with E-state index in [4.69, 9.17) is 4.74 Å². The van der Waals surface area contributed by atoms with E-state index < -0.39 is 5.60 Å². The third-order valence-electron chi connectivity index (χ3n) is 2.32. The van der Waals surface area contributed by atoms with Crippen molar-refractivity contribution >= 4 is 21.9 Å². The van der Waals surface area contributed by atoms with E-state index in [1.807, 2.05) is 52.0 Å². The van der Waals surface area contributed by atoms with Gasteiger partial charge >= 0.3 is 5.97 Å². The molecule has 0 bridgehead atoms. The fourth-order valence-electron chi connectivity index (χ4n) is 1.51. The molecule has 0 spiro atoms. The first-order valence-corrected chi connectivity index (χ1v) is 6.78. The second kappa shape index (κ2) is 6.34. The molecule has 1 rings (SSSR count). The summed E-state index contributed by atoms with van der Waals surface area (Å²) in [4.78, 5) is 11.6. The molecular formula is C14H20BrNO2. The van der Waals surface area contributed by atoms with Crippen molar-refractivity contribution in [3.8, 4) is 0 Å². The number of hydrogen-bond donors (Lipinski definition) is 1. The molecule has 1 N–H and O–H groups in total. The van der Waals surface area contributed by atoms with Gasteiger partial charge in [-0.15, -0.1) is 0 Å². The van der Waals surface area contributed by atoms with Crippen LogP contribution in [0.1, 0.15) is 39.3 Å². The van der Waals surface area contributed by atoms with E-state index in [1.165, 1.54) is 0 Å². The minimum absolute atomic E-state index is 0.106. The maximum Gasteiger partial charge on any atom is 0.320 e. The molecule has 0 unspecified atom stereocenters. The van der Waals surface area contributed by atoms with Crippen molar-refractivity contribution < 1.29 is 9.53 Å². The summed E-state index contributed by atoms with van der Waals surface area (Å²) in [6, 6.07) is 8.12. The van der Waals surface area contributed by atoms with Crippen LogP contribution in [0.2, 0.25) is 0 Å². The number of esters is 1. The molecule has 0 saturated carbocycles. The van der Waals surface area contributed by atoms with E-state index in [-0.39, 0.29) is 18.6 Å². The van der Waals surface area contributed by atoms with Gasteiger partial charge in [-0.3, -0.25) is 4.79 Å². The molecule has 3 nitrogen and oxygen atoms in total. The van der Waals surface area contributed by atoms with E-state index >= 15 is 0 Å². The van der Waals surface area contributed by atoms with Gasteiger partial charge < -0.3 is 10.1 Å². The summed E-state index contributed by atoms with van der Waals surface area (Å²) in [5.41, 5.74) is 0.700. The number of carbonyl (C=O) groups is 1. The molecule has 0 saturated heterocycles. The Bertz CT molecular complexity index is 413. The molecule has 0 amide bonds. The average molecular weight is 314 g/mol. The monoisotopic (exact) mass is 313 g/mol. The van der Waals surface area contributed by atoms with Crippen LogP contribution in [-0.2, 0) is 9.53 Å². The predicted molar refractivity (Wildman–Crippen MR) is 76.4 cm³/mol. The Morgan fingerprint density at radius 2 is 2.11 bits per heavy atom. The Morgan fingerprint density at radius 3 is 2.67 bits per heavy atom. The van der Waals surface area contributed by atoms with Crippen LogP contribution in [0.5, 0.6) is 0 Å². The van der Waals surface area contributed by atoms with Crippen molar-refractivity contribution in [2.75, 3.05) is 6.54 Å². The van der Waals surface area contributed by atoms with Crippen molar-refractivity contribution in [3.05, 3.63) is 34.3 Å². The first-order valence-electron chi connectivity index (χ1n) is 5.98. The summed E-state index contributed by atoms with van der Waals surface area (Å²) < 4.78 is 6.27. The van der Waals surface area contributed by atoms with Crippen molar-refractivity contribution in [2.24, 2.45) is 0 Å². The standard InChI is InChI=1S/C14H20BrNO2/c1-10(11-6-5-7-12(15)8-11)16-9-13(17)18-14(2,3)4/h5-8,10,16H,9H2,1-4H3/t10-/m0/s1. The number of halogens is 1. The second-order valence-corrected chi connectivity index (χ2v) is 6.16. The number of carbonyl (C=O) groups excluding carboxylic acids is 1. The van der Waals surface area contributed by atoms with Crippen LogP contribution in [0.15, 0.2) is 28.7 Å². The Labute approximate surface area is 117 Å². The van der Waals surface area contributed by atoms with Crippen LogP contribution in [-0.4, -0.2) is 18.1 Å². The maximum atomic E-state index is 11.6. The maximum absolute atomic E-state index is 11.6. The molecule has 0 aliphatic rings. The van der Waals surface area contributed by atoms with Gasteiger partial charge in [-0.2, -0.15) is 0 Å². The summed E-state index contributed by atoms with van der Waals surface area (Å²) in [6.45, 7) is 7.82. The molecule has 1 aromatic rings. The minimum atomic E-state index is -0.433. The lowest BCUT2D eigenvalue weighted by molar-refractivity contribution is -0.153. The quantitative estimate of drug-likeness (QED) is 0.865. The summed E-state index contributed by atoms with van der Waals surface area (Å²) in [5, 5.41) is 3.15.